The summed E-state index contributed by atoms with van der Waals surface area (Å²) in [5.41, 5.74) is 2.58. The fourth-order valence-electron chi connectivity index (χ4n) is 3.38. The van der Waals surface area contributed by atoms with E-state index in [1.807, 2.05) is 25.1 Å². The van der Waals surface area contributed by atoms with E-state index in [9.17, 15) is 9.18 Å². The second-order valence-corrected chi connectivity index (χ2v) is 7.20. The number of carbonyl (C=O) groups excluding carboxylic acids is 1. The molecule has 2 N–H and O–H groups in total. The van der Waals surface area contributed by atoms with Gasteiger partial charge in [0.15, 0.2) is 6.04 Å². The Morgan fingerprint density at radius 1 is 1.23 bits per heavy atom. The number of rotatable bonds is 4. The second kappa shape index (κ2) is 8.06. The van der Waals surface area contributed by atoms with Crippen molar-refractivity contribution in [2.75, 3.05) is 36.4 Å². The first-order chi connectivity index (χ1) is 12.5. The summed E-state index contributed by atoms with van der Waals surface area (Å²) >= 11 is 6.13. The highest BCUT2D eigenvalue weighted by Gasteiger charge is 2.30. The number of carbonyl (C=O) groups is 1. The molecule has 0 spiro atoms. The molecule has 1 atom stereocenters. The Morgan fingerprint density at radius 3 is 2.62 bits per heavy atom. The van der Waals surface area contributed by atoms with Crippen LogP contribution in [0.1, 0.15) is 12.5 Å². The summed E-state index contributed by atoms with van der Waals surface area (Å²) in [6.07, 6.45) is 0. The molecule has 1 aliphatic heterocycles. The number of aryl methyl sites for hydroxylation is 1. The van der Waals surface area contributed by atoms with Crippen molar-refractivity contribution in [3.8, 4) is 0 Å². The Bertz CT molecular complexity index is 790. The first-order valence-electron chi connectivity index (χ1n) is 8.87. The van der Waals surface area contributed by atoms with Gasteiger partial charge in [0.05, 0.1) is 31.9 Å². The minimum absolute atomic E-state index is 0.155. The highest BCUT2D eigenvalue weighted by atomic mass is 35.5. The van der Waals surface area contributed by atoms with Crippen LogP contribution in [0, 0.1) is 12.7 Å². The molecule has 0 radical (unpaired) electrons. The molecule has 0 saturated carbocycles. The van der Waals surface area contributed by atoms with E-state index in [2.05, 4.69) is 17.1 Å². The standard InChI is InChI=1S/C20H23ClFN3O/c1-14-7-8-16(21)13-19(14)25-11-9-24(10-12-25)15(2)20(26)23-18-6-4-3-5-17(18)22/h3-8,13,15H,9-12H2,1-2H3,(H,23,26)/p+1/t15-/m0/s1. The average Bonchev–Trinajstić information content (AvgIpc) is 2.65. The van der Waals surface area contributed by atoms with Crippen LogP contribution in [0.25, 0.3) is 0 Å². The van der Waals surface area contributed by atoms with Crippen LogP contribution in [0.15, 0.2) is 42.5 Å². The van der Waals surface area contributed by atoms with Gasteiger partial charge < -0.3 is 15.1 Å². The SMILES string of the molecule is Cc1ccc(Cl)cc1N1CC[NH+]([C@@H](C)C(=O)Nc2ccccc2F)CC1. The molecule has 0 aliphatic carbocycles. The minimum Gasteiger partial charge on any atom is -0.360 e. The van der Waals surface area contributed by atoms with E-state index in [1.54, 1.807) is 18.2 Å². The number of hydrogen-bond donors (Lipinski definition) is 2. The molecule has 2 aromatic carbocycles. The van der Waals surface area contributed by atoms with Crippen molar-refractivity contribution in [3.05, 3.63) is 58.9 Å². The number of nitrogens with zero attached hydrogens (tertiary/aromatic N) is 1. The van der Waals surface area contributed by atoms with Gasteiger partial charge >= 0.3 is 0 Å². The van der Waals surface area contributed by atoms with E-state index in [0.717, 1.165) is 36.9 Å². The number of anilines is 2. The maximum absolute atomic E-state index is 13.7. The Hall–Kier alpha value is -2.11. The molecule has 0 bridgehead atoms. The van der Waals surface area contributed by atoms with Gasteiger partial charge in [-0.2, -0.15) is 0 Å². The normalized spacial score (nSPS) is 16.4. The lowest BCUT2D eigenvalue weighted by Gasteiger charge is -2.36. The summed E-state index contributed by atoms with van der Waals surface area (Å²) in [6.45, 7) is 7.37. The smallest absolute Gasteiger partial charge is 0.282 e. The summed E-state index contributed by atoms with van der Waals surface area (Å²) < 4.78 is 13.7. The number of piperazine rings is 1. The van der Waals surface area contributed by atoms with Crippen molar-refractivity contribution >= 4 is 28.9 Å². The van der Waals surface area contributed by atoms with Crippen molar-refractivity contribution < 1.29 is 14.1 Å². The van der Waals surface area contributed by atoms with Gasteiger partial charge in [-0.05, 0) is 43.7 Å². The number of halogens is 2. The maximum Gasteiger partial charge on any atom is 0.282 e. The van der Waals surface area contributed by atoms with Crippen LogP contribution >= 0.6 is 11.6 Å². The van der Waals surface area contributed by atoms with Crippen molar-refractivity contribution in [1.82, 2.24) is 0 Å². The minimum atomic E-state index is -0.413. The highest BCUT2D eigenvalue weighted by molar-refractivity contribution is 6.30. The number of benzene rings is 2. The van der Waals surface area contributed by atoms with E-state index in [4.69, 9.17) is 11.6 Å². The molecule has 3 rings (SSSR count). The first kappa shape index (κ1) is 18.7. The molecule has 0 aromatic heterocycles. The molecular weight excluding hydrogens is 353 g/mol. The summed E-state index contributed by atoms with van der Waals surface area (Å²) in [5.74, 6) is -0.568. The van der Waals surface area contributed by atoms with Gasteiger partial charge in [-0.15, -0.1) is 0 Å². The summed E-state index contributed by atoms with van der Waals surface area (Å²) in [6, 6.07) is 11.9. The molecule has 1 aliphatic rings. The van der Waals surface area contributed by atoms with Crippen molar-refractivity contribution in [3.63, 3.8) is 0 Å². The summed E-state index contributed by atoms with van der Waals surface area (Å²) in [5, 5.41) is 3.44. The predicted octanol–water partition coefficient (Wildman–Crippen LogP) is 2.52. The lowest BCUT2D eigenvalue weighted by atomic mass is 10.1. The van der Waals surface area contributed by atoms with Crippen LogP contribution in [0.2, 0.25) is 5.02 Å². The van der Waals surface area contributed by atoms with E-state index >= 15 is 0 Å². The van der Waals surface area contributed by atoms with Gasteiger partial charge in [0, 0.05) is 10.7 Å². The quantitative estimate of drug-likeness (QED) is 0.860. The van der Waals surface area contributed by atoms with Gasteiger partial charge in [0.1, 0.15) is 5.82 Å². The molecule has 6 heteroatoms. The van der Waals surface area contributed by atoms with Crippen LogP contribution < -0.4 is 15.1 Å². The molecule has 26 heavy (non-hydrogen) atoms. The number of para-hydroxylation sites is 1. The zero-order chi connectivity index (χ0) is 18.7. The lowest BCUT2D eigenvalue weighted by molar-refractivity contribution is -0.914. The molecule has 2 aromatic rings. The molecule has 4 nitrogen and oxygen atoms in total. The van der Waals surface area contributed by atoms with Gasteiger partial charge in [-0.1, -0.05) is 29.8 Å². The molecule has 0 unspecified atom stereocenters. The van der Waals surface area contributed by atoms with E-state index in [-0.39, 0.29) is 17.6 Å². The van der Waals surface area contributed by atoms with E-state index in [0.29, 0.717) is 0 Å². The molecule has 138 valence electrons. The Morgan fingerprint density at radius 2 is 1.92 bits per heavy atom. The van der Waals surface area contributed by atoms with Gasteiger partial charge in [0.2, 0.25) is 0 Å². The molecule has 1 fully saturated rings. The summed E-state index contributed by atoms with van der Waals surface area (Å²) in [4.78, 5) is 16.0. The molecule has 1 saturated heterocycles. The van der Waals surface area contributed by atoms with Gasteiger partial charge in [-0.3, -0.25) is 4.79 Å². The average molecular weight is 377 g/mol. The van der Waals surface area contributed by atoms with Crippen LogP contribution in [-0.2, 0) is 4.79 Å². The first-order valence-corrected chi connectivity index (χ1v) is 9.24. The second-order valence-electron chi connectivity index (χ2n) is 6.77. The lowest BCUT2D eigenvalue weighted by Crippen LogP contribution is -3.19. The van der Waals surface area contributed by atoms with Crippen LogP contribution in [0.5, 0.6) is 0 Å². The van der Waals surface area contributed by atoms with Crippen LogP contribution in [0.3, 0.4) is 0 Å². The van der Waals surface area contributed by atoms with Crippen molar-refractivity contribution in [2.24, 2.45) is 0 Å². The third-order valence-corrected chi connectivity index (χ3v) is 5.29. The molecule has 1 amide bonds. The molecule has 1 heterocycles. The Labute approximate surface area is 158 Å². The Balaban J connectivity index is 1.59. The van der Waals surface area contributed by atoms with E-state index in [1.165, 1.54) is 16.5 Å². The largest absolute Gasteiger partial charge is 0.360 e. The number of amides is 1. The third-order valence-electron chi connectivity index (χ3n) is 5.05. The van der Waals surface area contributed by atoms with Crippen LogP contribution in [0.4, 0.5) is 15.8 Å². The van der Waals surface area contributed by atoms with Crippen molar-refractivity contribution in [2.45, 2.75) is 19.9 Å². The predicted molar refractivity (Wildman–Crippen MR) is 104 cm³/mol. The zero-order valence-corrected chi connectivity index (χ0v) is 15.8. The third kappa shape index (κ3) is 4.17. The topological polar surface area (TPSA) is 36.8 Å². The number of nitrogens with one attached hydrogen (secondary N) is 2. The number of hydrogen-bond acceptors (Lipinski definition) is 2. The van der Waals surface area contributed by atoms with Crippen molar-refractivity contribution in [1.29, 1.82) is 0 Å². The van der Waals surface area contributed by atoms with E-state index < -0.39 is 5.82 Å². The van der Waals surface area contributed by atoms with Gasteiger partial charge in [-0.25, -0.2) is 4.39 Å². The zero-order valence-electron chi connectivity index (χ0n) is 15.1. The fourth-order valence-corrected chi connectivity index (χ4v) is 3.55. The monoisotopic (exact) mass is 376 g/mol. The van der Waals surface area contributed by atoms with Crippen LogP contribution in [-0.4, -0.2) is 38.1 Å². The maximum atomic E-state index is 13.7. The van der Waals surface area contributed by atoms with Gasteiger partial charge in [0.25, 0.3) is 5.91 Å². The number of quaternary nitrogens is 1. The summed E-state index contributed by atoms with van der Waals surface area (Å²) in [7, 11) is 0. The highest BCUT2D eigenvalue weighted by Crippen LogP contribution is 2.24. The Kier molecular flexibility index (Phi) is 5.79. The fraction of sp³-hybridized carbons (Fsp3) is 0.350. The molecular formula is C20H24ClFN3O+.